The van der Waals surface area contributed by atoms with Gasteiger partial charge in [-0.15, -0.1) is 0 Å². The Morgan fingerprint density at radius 3 is 2.21 bits per heavy atom. The van der Waals surface area contributed by atoms with Crippen molar-refractivity contribution in [2.45, 2.75) is 6.61 Å². The second kappa shape index (κ2) is 8.36. The second-order valence-electron chi connectivity index (χ2n) is 5.20. The van der Waals surface area contributed by atoms with E-state index in [0.717, 1.165) is 22.3 Å². The van der Waals surface area contributed by atoms with Crippen molar-refractivity contribution < 1.29 is 4.84 Å². The van der Waals surface area contributed by atoms with Gasteiger partial charge in [-0.1, -0.05) is 83.7 Å². The van der Waals surface area contributed by atoms with Crippen molar-refractivity contribution in [1.29, 1.82) is 0 Å². The second-order valence-corrected chi connectivity index (χ2v) is 5.20. The maximum atomic E-state index is 5.36. The summed E-state index contributed by atoms with van der Waals surface area (Å²) in [5, 5.41) is 4.06. The van der Waals surface area contributed by atoms with Crippen LogP contribution < -0.4 is 0 Å². The molecule has 3 aromatic rings. The van der Waals surface area contributed by atoms with Gasteiger partial charge >= 0.3 is 0 Å². The Morgan fingerprint density at radius 1 is 0.750 bits per heavy atom. The van der Waals surface area contributed by atoms with Gasteiger partial charge in [-0.25, -0.2) is 0 Å². The van der Waals surface area contributed by atoms with Crippen LogP contribution in [0.4, 0.5) is 0 Å². The fraction of sp³-hybridized carbons (Fsp3) is 0.0455. The Hall–Kier alpha value is -3.31. The molecule has 2 nitrogen and oxygen atoms in total. The van der Waals surface area contributed by atoms with E-state index in [1.165, 1.54) is 0 Å². The molecule has 0 aliphatic heterocycles. The zero-order valence-corrected chi connectivity index (χ0v) is 13.2. The number of hydrogen-bond acceptors (Lipinski definition) is 2. The molecule has 0 unspecified atom stereocenters. The summed E-state index contributed by atoms with van der Waals surface area (Å²) in [5.41, 5.74) is 3.94. The number of oxime groups is 1. The highest BCUT2D eigenvalue weighted by atomic mass is 16.6. The van der Waals surface area contributed by atoms with Crippen LogP contribution in [0.5, 0.6) is 0 Å². The third-order valence-electron chi connectivity index (χ3n) is 3.42. The number of rotatable bonds is 4. The summed E-state index contributed by atoms with van der Waals surface area (Å²) < 4.78 is 0. The van der Waals surface area contributed by atoms with Crippen LogP contribution in [-0.4, -0.2) is 6.21 Å². The summed E-state index contributed by atoms with van der Waals surface area (Å²) >= 11 is 0. The Labute approximate surface area is 142 Å². The first kappa shape index (κ1) is 15.6. The smallest absolute Gasteiger partial charge is 0.142 e. The molecule has 2 heteroatoms. The van der Waals surface area contributed by atoms with Crippen molar-refractivity contribution in [3.8, 4) is 11.8 Å². The highest BCUT2D eigenvalue weighted by molar-refractivity contribution is 5.83. The van der Waals surface area contributed by atoms with E-state index in [4.69, 9.17) is 4.84 Å². The molecule has 0 aliphatic carbocycles. The van der Waals surface area contributed by atoms with Gasteiger partial charge in [0.05, 0.1) is 6.21 Å². The Balaban J connectivity index is 1.68. The molecule has 0 heterocycles. The van der Waals surface area contributed by atoms with Crippen LogP contribution in [-0.2, 0) is 11.4 Å². The highest BCUT2D eigenvalue weighted by Crippen LogP contribution is 2.06. The van der Waals surface area contributed by atoms with Crippen LogP contribution in [0, 0.1) is 11.8 Å². The molecule has 0 saturated carbocycles. The van der Waals surface area contributed by atoms with E-state index in [9.17, 15) is 0 Å². The summed E-state index contributed by atoms with van der Waals surface area (Å²) in [6, 6.07) is 27.8. The van der Waals surface area contributed by atoms with Gasteiger partial charge in [0.25, 0.3) is 0 Å². The molecule has 0 saturated heterocycles. The van der Waals surface area contributed by atoms with E-state index in [-0.39, 0.29) is 0 Å². The minimum absolute atomic E-state index is 0.454. The summed E-state index contributed by atoms with van der Waals surface area (Å²) in [6.45, 7) is 0.454. The van der Waals surface area contributed by atoms with E-state index in [0.29, 0.717) is 6.61 Å². The standard InChI is InChI=1S/C22H17NO/c1-3-9-19(10-4-1)15-16-21-13-7-8-14-22(21)17-23-24-18-20-11-5-2-6-12-20/h1-14,17H,18H2/b23-17+. The van der Waals surface area contributed by atoms with Gasteiger partial charge in [0.15, 0.2) is 0 Å². The molecule has 0 aliphatic rings. The van der Waals surface area contributed by atoms with Gasteiger partial charge in [0, 0.05) is 16.7 Å². The lowest BCUT2D eigenvalue weighted by atomic mass is 10.1. The molecule has 3 rings (SSSR count). The minimum Gasteiger partial charge on any atom is -0.391 e. The fourth-order valence-electron chi connectivity index (χ4n) is 2.16. The first-order valence-corrected chi connectivity index (χ1v) is 7.77. The van der Waals surface area contributed by atoms with Gasteiger partial charge < -0.3 is 4.84 Å². The largest absolute Gasteiger partial charge is 0.391 e. The predicted molar refractivity (Wildman–Crippen MR) is 97.7 cm³/mol. The van der Waals surface area contributed by atoms with E-state index < -0.39 is 0 Å². The average Bonchev–Trinajstić information content (AvgIpc) is 2.66. The van der Waals surface area contributed by atoms with Crippen molar-refractivity contribution in [2.75, 3.05) is 0 Å². The lowest BCUT2D eigenvalue weighted by molar-refractivity contribution is 0.132. The molecule has 0 radical (unpaired) electrons. The maximum absolute atomic E-state index is 5.36. The molecule has 0 fully saturated rings. The Kier molecular flexibility index (Phi) is 5.42. The summed E-state index contributed by atoms with van der Waals surface area (Å²) in [5.74, 6) is 6.36. The van der Waals surface area contributed by atoms with Gasteiger partial charge in [-0.2, -0.15) is 0 Å². The Morgan fingerprint density at radius 2 is 1.42 bits per heavy atom. The molecule has 3 aromatic carbocycles. The zero-order chi connectivity index (χ0) is 16.5. The molecule has 116 valence electrons. The predicted octanol–water partition coefficient (Wildman–Crippen LogP) is 4.64. The van der Waals surface area contributed by atoms with Crippen molar-refractivity contribution in [2.24, 2.45) is 5.16 Å². The molecular weight excluding hydrogens is 294 g/mol. The normalized spacial score (nSPS) is 10.2. The third-order valence-corrected chi connectivity index (χ3v) is 3.42. The fourth-order valence-corrected chi connectivity index (χ4v) is 2.16. The van der Waals surface area contributed by atoms with Crippen molar-refractivity contribution >= 4 is 6.21 Å². The minimum atomic E-state index is 0.454. The molecule has 24 heavy (non-hydrogen) atoms. The zero-order valence-electron chi connectivity index (χ0n) is 13.2. The molecule has 0 amide bonds. The lowest BCUT2D eigenvalue weighted by Crippen LogP contribution is -1.90. The number of benzene rings is 3. The van der Waals surface area contributed by atoms with E-state index in [2.05, 4.69) is 17.0 Å². The van der Waals surface area contributed by atoms with Crippen LogP contribution in [0.1, 0.15) is 22.3 Å². The molecule has 0 spiro atoms. The maximum Gasteiger partial charge on any atom is 0.142 e. The quantitative estimate of drug-likeness (QED) is 0.391. The molecule has 0 aromatic heterocycles. The van der Waals surface area contributed by atoms with E-state index in [1.54, 1.807) is 6.21 Å². The van der Waals surface area contributed by atoms with Crippen LogP contribution >= 0.6 is 0 Å². The first-order valence-electron chi connectivity index (χ1n) is 7.77. The van der Waals surface area contributed by atoms with Crippen molar-refractivity contribution in [1.82, 2.24) is 0 Å². The van der Waals surface area contributed by atoms with E-state index >= 15 is 0 Å². The van der Waals surface area contributed by atoms with Crippen molar-refractivity contribution in [3.63, 3.8) is 0 Å². The van der Waals surface area contributed by atoms with E-state index in [1.807, 2.05) is 84.9 Å². The SMILES string of the molecule is C(#Cc1ccccc1/C=N/OCc1ccccc1)c1ccccc1. The molecule has 0 bridgehead atoms. The van der Waals surface area contributed by atoms with Gasteiger partial charge in [0.2, 0.25) is 0 Å². The Bertz CT molecular complexity index is 858. The molecule has 0 atom stereocenters. The highest BCUT2D eigenvalue weighted by Gasteiger charge is 1.96. The van der Waals surface area contributed by atoms with Crippen LogP contribution in [0.15, 0.2) is 90.1 Å². The summed E-state index contributed by atoms with van der Waals surface area (Å²) in [6.07, 6.45) is 1.71. The molecular formula is C22H17NO. The van der Waals surface area contributed by atoms with Crippen LogP contribution in [0.25, 0.3) is 0 Å². The first-order chi connectivity index (χ1) is 11.9. The van der Waals surface area contributed by atoms with Gasteiger partial charge in [-0.3, -0.25) is 0 Å². The average molecular weight is 311 g/mol. The monoisotopic (exact) mass is 311 g/mol. The van der Waals surface area contributed by atoms with Gasteiger partial charge in [0.1, 0.15) is 6.61 Å². The lowest BCUT2D eigenvalue weighted by Gasteiger charge is -2.00. The van der Waals surface area contributed by atoms with Crippen LogP contribution in [0.3, 0.4) is 0 Å². The topological polar surface area (TPSA) is 21.6 Å². The van der Waals surface area contributed by atoms with Gasteiger partial charge in [-0.05, 0) is 23.8 Å². The number of hydrogen-bond donors (Lipinski definition) is 0. The summed E-state index contributed by atoms with van der Waals surface area (Å²) in [4.78, 5) is 5.36. The number of nitrogens with zero attached hydrogens (tertiary/aromatic N) is 1. The third kappa shape index (κ3) is 4.59. The summed E-state index contributed by atoms with van der Waals surface area (Å²) in [7, 11) is 0. The van der Waals surface area contributed by atoms with Crippen LogP contribution in [0.2, 0.25) is 0 Å². The molecule has 0 N–H and O–H groups in total. The van der Waals surface area contributed by atoms with Crippen molar-refractivity contribution in [3.05, 3.63) is 107 Å².